The number of ether oxygens (including phenoxy) is 2. The second-order valence-electron chi connectivity index (χ2n) is 5.47. The van der Waals surface area contributed by atoms with Gasteiger partial charge in [0.15, 0.2) is 17.4 Å². The van der Waals surface area contributed by atoms with Crippen LogP contribution in [0.1, 0.15) is 12.5 Å². The molecular weight excluding hydrogens is 380 g/mol. The third-order valence-corrected chi connectivity index (χ3v) is 3.95. The summed E-state index contributed by atoms with van der Waals surface area (Å²) in [7, 11) is 1.44. The lowest BCUT2D eigenvalue weighted by Crippen LogP contribution is -2.07. The predicted octanol–water partition coefficient (Wildman–Crippen LogP) is 3.31. The standard InChI is InChI=1S/C17H16ClF2N5O2/c1-3-27-9-4-12(19)10(13(20)5-9)7-25-8-11(18)15(24-25)17-22-6-14(26-2)16(21)23-17/h4-6,8H,3,7H2,1-2H3,(H2,21,22,23). The highest BCUT2D eigenvalue weighted by atomic mass is 35.5. The highest BCUT2D eigenvalue weighted by Crippen LogP contribution is 2.28. The van der Waals surface area contributed by atoms with Gasteiger partial charge in [-0.05, 0) is 6.92 Å². The van der Waals surface area contributed by atoms with E-state index in [0.717, 1.165) is 12.1 Å². The number of aromatic nitrogens is 4. The number of nitrogens with zero attached hydrogens (tertiary/aromatic N) is 4. The van der Waals surface area contributed by atoms with Gasteiger partial charge in [-0.3, -0.25) is 4.68 Å². The summed E-state index contributed by atoms with van der Waals surface area (Å²) in [5, 5.41) is 4.43. The number of hydrogen-bond acceptors (Lipinski definition) is 6. The minimum absolute atomic E-state index is 0.122. The van der Waals surface area contributed by atoms with E-state index in [1.165, 1.54) is 24.2 Å². The molecule has 2 aromatic heterocycles. The third kappa shape index (κ3) is 3.92. The van der Waals surface area contributed by atoms with Crippen molar-refractivity contribution in [3.05, 3.63) is 46.7 Å². The molecule has 0 amide bonds. The molecule has 1 aromatic carbocycles. The zero-order valence-corrected chi connectivity index (χ0v) is 15.3. The van der Waals surface area contributed by atoms with Crippen LogP contribution in [0.15, 0.2) is 24.5 Å². The Kier molecular flexibility index (Phi) is 5.41. The van der Waals surface area contributed by atoms with Crippen LogP contribution >= 0.6 is 11.6 Å². The van der Waals surface area contributed by atoms with Crippen LogP contribution in [0, 0.1) is 11.6 Å². The molecule has 7 nitrogen and oxygen atoms in total. The molecule has 0 spiro atoms. The molecule has 0 saturated heterocycles. The maximum Gasteiger partial charge on any atom is 0.183 e. The SMILES string of the molecule is CCOc1cc(F)c(Cn2cc(Cl)c(-c3ncc(OC)c(N)n3)n2)c(F)c1. The van der Waals surface area contributed by atoms with E-state index in [9.17, 15) is 8.78 Å². The highest BCUT2D eigenvalue weighted by molar-refractivity contribution is 6.32. The molecule has 0 aliphatic heterocycles. The number of nitrogen functional groups attached to an aromatic ring is 1. The second kappa shape index (κ2) is 7.75. The van der Waals surface area contributed by atoms with E-state index in [-0.39, 0.29) is 40.2 Å². The molecule has 0 aliphatic carbocycles. The Morgan fingerprint density at radius 3 is 2.56 bits per heavy atom. The summed E-state index contributed by atoms with van der Waals surface area (Å²) in [5.74, 6) is -0.750. The summed E-state index contributed by atoms with van der Waals surface area (Å²) in [6, 6.07) is 2.25. The van der Waals surface area contributed by atoms with E-state index in [1.54, 1.807) is 6.92 Å². The highest BCUT2D eigenvalue weighted by Gasteiger charge is 2.17. The summed E-state index contributed by atoms with van der Waals surface area (Å²) >= 11 is 6.17. The molecule has 0 radical (unpaired) electrons. The van der Waals surface area contributed by atoms with Crippen molar-refractivity contribution < 1.29 is 18.3 Å². The van der Waals surface area contributed by atoms with Gasteiger partial charge in [0.25, 0.3) is 0 Å². The van der Waals surface area contributed by atoms with Gasteiger partial charge in [-0.1, -0.05) is 11.6 Å². The van der Waals surface area contributed by atoms with Crippen molar-refractivity contribution in [1.82, 2.24) is 19.7 Å². The van der Waals surface area contributed by atoms with Crippen molar-refractivity contribution in [2.75, 3.05) is 19.5 Å². The first kappa shape index (κ1) is 18.8. The Hall–Kier alpha value is -2.94. The lowest BCUT2D eigenvalue weighted by molar-refractivity contribution is 0.335. The van der Waals surface area contributed by atoms with Crippen LogP contribution < -0.4 is 15.2 Å². The van der Waals surface area contributed by atoms with Gasteiger partial charge in [-0.25, -0.2) is 18.7 Å². The third-order valence-electron chi connectivity index (χ3n) is 3.68. The lowest BCUT2D eigenvalue weighted by Gasteiger charge is -2.09. The first-order valence-electron chi connectivity index (χ1n) is 7.93. The average molecular weight is 396 g/mol. The monoisotopic (exact) mass is 395 g/mol. The molecule has 142 valence electrons. The second-order valence-corrected chi connectivity index (χ2v) is 5.88. The Morgan fingerprint density at radius 2 is 1.96 bits per heavy atom. The van der Waals surface area contributed by atoms with Crippen LogP contribution in [-0.2, 0) is 6.54 Å². The van der Waals surface area contributed by atoms with Crippen molar-refractivity contribution in [3.8, 4) is 23.0 Å². The molecule has 3 aromatic rings. The Bertz CT molecular complexity index is 957. The van der Waals surface area contributed by atoms with Crippen LogP contribution in [0.25, 0.3) is 11.5 Å². The summed E-state index contributed by atoms with van der Waals surface area (Å²) in [4.78, 5) is 8.17. The Labute approximate surface area is 158 Å². The molecular formula is C17H16ClF2N5O2. The first-order chi connectivity index (χ1) is 12.9. The van der Waals surface area contributed by atoms with Crippen LogP contribution in [0.4, 0.5) is 14.6 Å². The summed E-state index contributed by atoms with van der Waals surface area (Å²) in [5.41, 5.74) is 5.83. The zero-order valence-electron chi connectivity index (χ0n) is 14.5. The molecule has 2 N–H and O–H groups in total. The van der Waals surface area contributed by atoms with Gasteiger partial charge in [0.05, 0.1) is 31.5 Å². The normalized spacial score (nSPS) is 10.9. The van der Waals surface area contributed by atoms with Gasteiger partial charge in [0.1, 0.15) is 23.1 Å². The van der Waals surface area contributed by atoms with Crippen molar-refractivity contribution in [2.45, 2.75) is 13.5 Å². The molecule has 27 heavy (non-hydrogen) atoms. The lowest BCUT2D eigenvalue weighted by atomic mass is 10.2. The van der Waals surface area contributed by atoms with Crippen molar-refractivity contribution in [1.29, 1.82) is 0 Å². The van der Waals surface area contributed by atoms with Crippen LogP contribution in [-0.4, -0.2) is 33.5 Å². The minimum atomic E-state index is -0.739. The van der Waals surface area contributed by atoms with Gasteiger partial charge in [0.2, 0.25) is 0 Å². The van der Waals surface area contributed by atoms with E-state index < -0.39 is 11.6 Å². The quantitative estimate of drug-likeness (QED) is 0.689. The maximum absolute atomic E-state index is 14.2. The van der Waals surface area contributed by atoms with E-state index in [2.05, 4.69) is 15.1 Å². The smallest absolute Gasteiger partial charge is 0.183 e. The molecule has 0 fully saturated rings. The van der Waals surface area contributed by atoms with Crippen LogP contribution in [0.3, 0.4) is 0 Å². The minimum Gasteiger partial charge on any atom is -0.494 e. The molecule has 0 bridgehead atoms. The number of nitrogens with two attached hydrogens (primary N) is 1. The Balaban J connectivity index is 1.90. The molecule has 10 heteroatoms. The van der Waals surface area contributed by atoms with Crippen LogP contribution in [0.5, 0.6) is 11.5 Å². The van der Waals surface area contributed by atoms with E-state index in [1.807, 2.05) is 0 Å². The fourth-order valence-corrected chi connectivity index (χ4v) is 2.66. The fraction of sp³-hybridized carbons (Fsp3) is 0.235. The average Bonchev–Trinajstić information content (AvgIpc) is 2.99. The summed E-state index contributed by atoms with van der Waals surface area (Å²) < 4.78 is 39.9. The van der Waals surface area contributed by atoms with E-state index in [0.29, 0.717) is 12.4 Å². The molecule has 0 saturated carbocycles. The summed E-state index contributed by atoms with van der Waals surface area (Å²) in [6.45, 7) is 1.86. The molecule has 0 atom stereocenters. The molecule has 3 rings (SSSR count). The van der Waals surface area contributed by atoms with E-state index >= 15 is 0 Å². The number of halogens is 3. The van der Waals surface area contributed by atoms with Gasteiger partial charge in [-0.2, -0.15) is 5.10 Å². The van der Waals surface area contributed by atoms with Crippen molar-refractivity contribution >= 4 is 17.4 Å². The number of hydrogen-bond donors (Lipinski definition) is 1. The molecule has 2 heterocycles. The first-order valence-corrected chi connectivity index (χ1v) is 8.31. The number of anilines is 1. The van der Waals surface area contributed by atoms with Crippen molar-refractivity contribution in [2.24, 2.45) is 0 Å². The van der Waals surface area contributed by atoms with E-state index in [4.69, 9.17) is 26.8 Å². The maximum atomic E-state index is 14.2. The zero-order chi connectivity index (χ0) is 19.6. The molecule has 0 aliphatic rings. The number of rotatable bonds is 6. The largest absolute Gasteiger partial charge is 0.494 e. The molecule has 0 unspecified atom stereocenters. The number of benzene rings is 1. The van der Waals surface area contributed by atoms with Gasteiger partial charge in [-0.15, -0.1) is 0 Å². The topological polar surface area (TPSA) is 88.1 Å². The Morgan fingerprint density at radius 1 is 1.26 bits per heavy atom. The summed E-state index contributed by atoms with van der Waals surface area (Å²) in [6.07, 6.45) is 2.81. The fourth-order valence-electron chi connectivity index (χ4n) is 2.43. The predicted molar refractivity (Wildman–Crippen MR) is 95.9 cm³/mol. The van der Waals surface area contributed by atoms with Gasteiger partial charge >= 0.3 is 0 Å². The van der Waals surface area contributed by atoms with Crippen molar-refractivity contribution in [3.63, 3.8) is 0 Å². The van der Waals surface area contributed by atoms with Gasteiger partial charge < -0.3 is 15.2 Å². The van der Waals surface area contributed by atoms with Crippen LogP contribution in [0.2, 0.25) is 5.02 Å². The van der Waals surface area contributed by atoms with Gasteiger partial charge in [0, 0.05) is 23.9 Å². The number of methoxy groups -OCH3 is 1.